The van der Waals surface area contributed by atoms with Gasteiger partial charge in [0.1, 0.15) is 0 Å². The lowest BCUT2D eigenvalue weighted by Gasteiger charge is -2.32. The summed E-state index contributed by atoms with van der Waals surface area (Å²) in [5.41, 5.74) is 5.89. The van der Waals surface area contributed by atoms with Gasteiger partial charge in [-0.3, -0.25) is 4.79 Å². The number of carbonyl (C=O) groups excluding carboxylic acids is 1. The van der Waals surface area contributed by atoms with Crippen LogP contribution in [-0.4, -0.2) is 29.9 Å². The van der Waals surface area contributed by atoms with E-state index >= 15 is 0 Å². The summed E-state index contributed by atoms with van der Waals surface area (Å²) in [6.45, 7) is 8.24. The molecular formula is C12H24N2O. The average molecular weight is 212 g/mol. The fraction of sp³-hybridized carbons (Fsp3) is 0.917. The van der Waals surface area contributed by atoms with E-state index in [1.807, 2.05) is 4.90 Å². The number of likely N-dealkylation sites (tertiary alicyclic amines) is 1. The van der Waals surface area contributed by atoms with Gasteiger partial charge in [-0.1, -0.05) is 20.8 Å². The molecule has 0 spiro atoms. The lowest BCUT2D eigenvalue weighted by molar-refractivity contribution is -0.134. The summed E-state index contributed by atoms with van der Waals surface area (Å²) in [6, 6.07) is -0.293. The standard InChI is InChI=1S/C12H24N2O/c1-9(2)8-11(13)12(15)14-6-4-10(3)5-7-14/h9-11H,4-8,13H2,1-3H3. The second-order valence-corrected chi connectivity index (χ2v) is 5.24. The van der Waals surface area contributed by atoms with Gasteiger partial charge in [0, 0.05) is 13.1 Å². The van der Waals surface area contributed by atoms with Gasteiger partial charge in [-0.25, -0.2) is 0 Å². The Kier molecular flexibility index (Phi) is 4.58. The highest BCUT2D eigenvalue weighted by Gasteiger charge is 2.24. The van der Waals surface area contributed by atoms with Gasteiger partial charge >= 0.3 is 0 Å². The molecule has 1 aliphatic heterocycles. The maximum Gasteiger partial charge on any atom is 0.239 e. The van der Waals surface area contributed by atoms with Crippen molar-refractivity contribution in [1.29, 1.82) is 0 Å². The number of rotatable bonds is 3. The summed E-state index contributed by atoms with van der Waals surface area (Å²) in [5.74, 6) is 1.40. The first-order chi connectivity index (χ1) is 7.00. The van der Waals surface area contributed by atoms with Crippen molar-refractivity contribution in [3.8, 4) is 0 Å². The van der Waals surface area contributed by atoms with Crippen molar-refractivity contribution in [1.82, 2.24) is 4.90 Å². The number of carbonyl (C=O) groups is 1. The molecule has 0 radical (unpaired) electrons. The summed E-state index contributed by atoms with van der Waals surface area (Å²) >= 11 is 0. The van der Waals surface area contributed by atoms with Crippen LogP contribution in [0.4, 0.5) is 0 Å². The van der Waals surface area contributed by atoms with E-state index in [0.717, 1.165) is 38.3 Å². The van der Waals surface area contributed by atoms with Crippen LogP contribution in [-0.2, 0) is 4.79 Å². The Bertz CT molecular complexity index is 208. The predicted molar refractivity (Wildman–Crippen MR) is 62.4 cm³/mol. The molecule has 1 amide bonds. The highest BCUT2D eigenvalue weighted by molar-refractivity contribution is 5.81. The van der Waals surface area contributed by atoms with Gasteiger partial charge in [-0.2, -0.15) is 0 Å². The fourth-order valence-electron chi connectivity index (χ4n) is 2.07. The summed E-state index contributed by atoms with van der Waals surface area (Å²) in [5, 5.41) is 0. The highest BCUT2D eigenvalue weighted by atomic mass is 16.2. The van der Waals surface area contributed by atoms with E-state index < -0.39 is 0 Å². The third kappa shape index (κ3) is 3.82. The molecule has 1 unspecified atom stereocenters. The zero-order valence-electron chi connectivity index (χ0n) is 10.2. The first kappa shape index (κ1) is 12.5. The van der Waals surface area contributed by atoms with Crippen molar-refractivity contribution >= 4 is 5.91 Å². The maximum absolute atomic E-state index is 11.9. The maximum atomic E-state index is 11.9. The molecule has 1 atom stereocenters. The van der Waals surface area contributed by atoms with E-state index in [9.17, 15) is 4.79 Å². The summed E-state index contributed by atoms with van der Waals surface area (Å²) in [6.07, 6.45) is 3.05. The number of hydrogen-bond donors (Lipinski definition) is 1. The Morgan fingerprint density at radius 3 is 2.40 bits per heavy atom. The molecule has 1 aliphatic rings. The van der Waals surface area contributed by atoms with Crippen LogP contribution >= 0.6 is 0 Å². The minimum atomic E-state index is -0.293. The molecular weight excluding hydrogens is 188 g/mol. The van der Waals surface area contributed by atoms with Gasteiger partial charge in [0.25, 0.3) is 0 Å². The molecule has 3 heteroatoms. The molecule has 1 heterocycles. The zero-order valence-corrected chi connectivity index (χ0v) is 10.2. The summed E-state index contributed by atoms with van der Waals surface area (Å²) in [7, 11) is 0. The van der Waals surface area contributed by atoms with Gasteiger partial charge in [0.15, 0.2) is 0 Å². The average Bonchev–Trinajstić information content (AvgIpc) is 2.17. The number of amides is 1. The van der Waals surface area contributed by atoms with Crippen molar-refractivity contribution in [3.63, 3.8) is 0 Å². The Hall–Kier alpha value is -0.570. The van der Waals surface area contributed by atoms with E-state index in [1.165, 1.54) is 0 Å². The first-order valence-electron chi connectivity index (χ1n) is 6.05. The molecule has 15 heavy (non-hydrogen) atoms. The molecule has 0 aliphatic carbocycles. The molecule has 0 aromatic carbocycles. The monoisotopic (exact) mass is 212 g/mol. The predicted octanol–water partition coefficient (Wildman–Crippen LogP) is 1.62. The SMILES string of the molecule is CC(C)CC(N)C(=O)N1CCC(C)CC1. The van der Waals surface area contributed by atoms with Crippen LogP contribution in [0.25, 0.3) is 0 Å². The Morgan fingerprint density at radius 1 is 1.40 bits per heavy atom. The second-order valence-electron chi connectivity index (χ2n) is 5.24. The molecule has 1 saturated heterocycles. The Balaban J connectivity index is 2.39. The van der Waals surface area contributed by atoms with Gasteiger partial charge in [0.2, 0.25) is 5.91 Å². The van der Waals surface area contributed by atoms with Crippen LogP contribution < -0.4 is 5.73 Å². The fourth-order valence-corrected chi connectivity index (χ4v) is 2.07. The molecule has 2 N–H and O–H groups in total. The van der Waals surface area contributed by atoms with Crippen LogP contribution in [0.5, 0.6) is 0 Å². The minimum absolute atomic E-state index is 0.149. The number of piperidine rings is 1. The normalized spacial score (nSPS) is 20.7. The van der Waals surface area contributed by atoms with Gasteiger partial charge in [-0.15, -0.1) is 0 Å². The van der Waals surface area contributed by atoms with E-state index in [0.29, 0.717) is 5.92 Å². The van der Waals surface area contributed by atoms with Crippen molar-refractivity contribution in [2.24, 2.45) is 17.6 Å². The van der Waals surface area contributed by atoms with Crippen molar-refractivity contribution < 1.29 is 4.79 Å². The van der Waals surface area contributed by atoms with Crippen molar-refractivity contribution in [3.05, 3.63) is 0 Å². The number of nitrogens with zero attached hydrogens (tertiary/aromatic N) is 1. The van der Waals surface area contributed by atoms with E-state index in [1.54, 1.807) is 0 Å². The van der Waals surface area contributed by atoms with Crippen LogP contribution in [0.15, 0.2) is 0 Å². The molecule has 1 fully saturated rings. The third-order valence-corrected chi connectivity index (χ3v) is 3.14. The highest BCUT2D eigenvalue weighted by Crippen LogP contribution is 2.17. The lowest BCUT2D eigenvalue weighted by atomic mass is 9.97. The molecule has 0 saturated carbocycles. The van der Waals surface area contributed by atoms with Crippen molar-refractivity contribution in [2.45, 2.75) is 46.1 Å². The smallest absolute Gasteiger partial charge is 0.239 e. The van der Waals surface area contributed by atoms with Gasteiger partial charge in [0.05, 0.1) is 6.04 Å². The molecule has 88 valence electrons. The number of nitrogens with two attached hydrogens (primary N) is 1. The van der Waals surface area contributed by atoms with E-state index in [-0.39, 0.29) is 11.9 Å². The van der Waals surface area contributed by atoms with Crippen LogP contribution in [0.2, 0.25) is 0 Å². The lowest BCUT2D eigenvalue weighted by Crippen LogP contribution is -2.47. The topological polar surface area (TPSA) is 46.3 Å². The number of hydrogen-bond acceptors (Lipinski definition) is 2. The molecule has 3 nitrogen and oxygen atoms in total. The molecule has 0 bridgehead atoms. The van der Waals surface area contributed by atoms with Crippen LogP contribution in [0.3, 0.4) is 0 Å². The molecule has 0 aromatic rings. The Labute approximate surface area is 93.0 Å². The molecule has 0 aromatic heterocycles. The van der Waals surface area contributed by atoms with Gasteiger partial charge in [-0.05, 0) is 31.1 Å². The minimum Gasteiger partial charge on any atom is -0.341 e. The zero-order chi connectivity index (χ0) is 11.4. The van der Waals surface area contributed by atoms with E-state index in [4.69, 9.17) is 5.73 Å². The Morgan fingerprint density at radius 2 is 1.93 bits per heavy atom. The second kappa shape index (κ2) is 5.50. The molecule has 1 rings (SSSR count). The summed E-state index contributed by atoms with van der Waals surface area (Å²) < 4.78 is 0. The van der Waals surface area contributed by atoms with E-state index in [2.05, 4.69) is 20.8 Å². The van der Waals surface area contributed by atoms with Gasteiger partial charge < -0.3 is 10.6 Å². The van der Waals surface area contributed by atoms with Crippen LogP contribution in [0.1, 0.15) is 40.0 Å². The largest absolute Gasteiger partial charge is 0.341 e. The van der Waals surface area contributed by atoms with Crippen LogP contribution in [0, 0.1) is 11.8 Å². The third-order valence-electron chi connectivity index (χ3n) is 3.14. The van der Waals surface area contributed by atoms with Crippen molar-refractivity contribution in [2.75, 3.05) is 13.1 Å². The first-order valence-corrected chi connectivity index (χ1v) is 6.05. The quantitative estimate of drug-likeness (QED) is 0.772. The summed E-state index contributed by atoms with van der Waals surface area (Å²) in [4.78, 5) is 13.9.